The third kappa shape index (κ3) is 2.97. The van der Waals surface area contributed by atoms with E-state index in [0.717, 1.165) is 17.8 Å². The number of nitrogens with zero attached hydrogens (tertiary/aromatic N) is 1. The van der Waals surface area contributed by atoms with Crippen molar-refractivity contribution in [1.82, 2.24) is 0 Å². The van der Waals surface area contributed by atoms with Crippen molar-refractivity contribution in [3.63, 3.8) is 0 Å². The van der Waals surface area contributed by atoms with E-state index in [-0.39, 0.29) is 18.0 Å². The molecule has 114 valence electrons. The quantitative estimate of drug-likeness (QED) is 0.741. The second-order valence-corrected chi connectivity index (χ2v) is 6.98. The molecule has 1 aliphatic heterocycles. The Kier molecular flexibility index (Phi) is 4.38. The summed E-state index contributed by atoms with van der Waals surface area (Å²) in [6, 6.07) is 17.0. The molecule has 22 heavy (non-hydrogen) atoms. The summed E-state index contributed by atoms with van der Waals surface area (Å²) in [4.78, 5) is 13.9. The van der Waals surface area contributed by atoms with E-state index in [2.05, 4.69) is 65.2 Å². The van der Waals surface area contributed by atoms with Gasteiger partial charge in [-0.15, -0.1) is 0 Å². The third-order valence-corrected chi connectivity index (χ3v) is 4.83. The van der Waals surface area contributed by atoms with Crippen molar-refractivity contribution in [2.45, 2.75) is 32.4 Å². The van der Waals surface area contributed by atoms with Crippen molar-refractivity contribution < 1.29 is 4.79 Å². The summed E-state index contributed by atoms with van der Waals surface area (Å²) in [5, 5.41) is 3.61. The number of benzene rings is 2. The fourth-order valence-electron chi connectivity index (χ4n) is 3.18. The fraction of sp³-hybridized carbons (Fsp3) is 0.278. The first-order valence-corrected chi connectivity index (χ1v) is 8.55. The van der Waals surface area contributed by atoms with Crippen LogP contribution >= 0.6 is 22.6 Å². The van der Waals surface area contributed by atoms with Gasteiger partial charge in [-0.3, -0.25) is 4.79 Å². The normalized spacial score (nSPS) is 20.4. The minimum absolute atomic E-state index is 0.104. The minimum atomic E-state index is 0.104. The lowest BCUT2D eigenvalue weighted by atomic mass is 9.91. The van der Waals surface area contributed by atoms with Crippen LogP contribution in [0.3, 0.4) is 0 Å². The van der Waals surface area contributed by atoms with Crippen LogP contribution in [0.25, 0.3) is 0 Å². The SMILES string of the molecule is CC(=O)N1c2ccccc2C(Nc2ccc(I)cc2)CC1C. The van der Waals surface area contributed by atoms with Crippen molar-refractivity contribution in [1.29, 1.82) is 0 Å². The van der Waals surface area contributed by atoms with E-state index in [4.69, 9.17) is 0 Å². The summed E-state index contributed by atoms with van der Waals surface area (Å²) in [6.45, 7) is 3.75. The standard InChI is InChI=1S/C18H19IN2O/c1-12-11-17(20-15-9-7-14(19)8-10-15)16-5-3-4-6-18(16)21(12)13(2)22/h3-10,12,17,20H,11H2,1-2H3. The van der Waals surface area contributed by atoms with Gasteiger partial charge in [0, 0.05) is 27.9 Å². The number of amides is 1. The van der Waals surface area contributed by atoms with Gasteiger partial charge in [-0.05, 0) is 71.8 Å². The average Bonchev–Trinajstić information content (AvgIpc) is 2.49. The molecule has 1 heterocycles. The molecule has 3 nitrogen and oxygen atoms in total. The number of rotatable bonds is 2. The first kappa shape index (κ1) is 15.3. The Balaban J connectivity index is 1.94. The summed E-state index contributed by atoms with van der Waals surface area (Å²) in [6.07, 6.45) is 0.905. The molecule has 0 aromatic heterocycles. The maximum Gasteiger partial charge on any atom is 0.224 e. The number of carbonyl (C=O) groups excluding carboxylic acids is 1. The lowest BCUT2D eigenvalue weighted by molar-refractivity contribution is -0.117. The molecule has 2 atom stereocenters. The Labute approximate surface area is 144 Å². The zero-order valence-corrected chi connectivity index (χ0v) is 14.9. The highest BCUT2D eigenvalue weighted by molar-refractivity contribution is 14.1. The first-order valence-electron chi connectivity index (χ1n) is 7.47. The van der Waals surface area contributed by atoms with Crippen LogP contribution in [-0.2, 0) is 4.79 Å². The highest BCUT2D eigenvalue weighted by Crippen LogP contribution is 2.38. The van der Waals surface area contributed by atoms with Gasteiger partial charge in [0.15, 0.2) is 0 Å². The van der Waals surface area contributed by atoms with Crippen molar-refractivity contribution in [2.75, 3.05) is 10.2 Å². The molecule has 2 aromatic rings. The first-order chi connectivity index (χ1) is 10.6. The molecular weight excluding hydrogens is 387 g/mol. The van der Waals surface area contributed by atoms with Crippen LogP contribution in [-0.4, -0.2) is 11.9 Å². The van der Waals surface area contributed by atoms with E-state index in [1.807, 2.05) is 23.1 Å². The summed E-state index contributed by atoms with van der Waals surface area (Å²) >= 11 is 2.31. The van der Waals surface area contributed by atoms with Gasteiger partial charge in [-0.1, -0.05) is 18.2 Å². The molecular formula is C18H19IN2O. The molecule has 0 radical (unpaired) electrons. The molecule has 0 bridgehead atoms. The molecule has 2 aromatic carbocycles. The number of fused-ring (bicyclic) bond motifs is 1. The fourth-order valence-corrected chi connectivity index (χ4v) is 3.54. The Hall–Kier alpha value is -1.56. The van der Waals surface area contributed by atoms with Crippen LogP contribution < -0.4 is 10.2 Å². The van der Waals surface area contributed by atoms with E-state index >= 15 is 0 Å². The van der Waals surface area contributed by atoms with E-state index in [1.165, 1.54) is 9.13 Å². The molecule has 0 fully saturated rings. The molecule has 0 saturated carbocycles. The van der Waals surface area contributed by atoms with Crippen LogP contribution in [0.15, 0.2) is 48.5 Å². The van der Waals surface area contributed by atoms with Gasteiger partial charge in [0.05, 0.1) is 6.04 Å². The second kappa shape index (κ2) is 6.28. The van der Waals surface area contributed by atoms with Gasteiger partial charge < -0.3 is 10.2 Å². The Bertz CT molecular complexity index is 684. The molecule has 0 spiro atoms. The van der Waals surface area contributed by atoms with Crippen molar-refractivity contribution in [2.24, 2.45) is 0 Å². The molecule has 1 N–H and O–H groups in total. The van der Waals surface area contributed by atoms with Gasteiger partial charge in [-0.2, -0.15) is 0 Å². The highest BCUT2D eigenvalue weighted by Gasteiger charge is 2.31. The van der Waals surface area contributed by atoms with Crippen LogP contribution in [0.4, 0.5) is 11.4 Å². The van der Waals surface area contributed by atoms with E-state index in [0.29, 0.717) is 0 Å². The maximum atomic E-state index is 12.0. The van der Waals surface area contributed by atoms with Crippen LogP contribution in [0.1, 0.15) is 31.9 Å². The van der Waals surface area contributed by atoms with Crippen molar-refractivity contribution in [3.8, 4) is 0 Å². The number of nitrogens with one attached hydrogen (secondary N) is 1. The summed E-state index contributed by atoms with van der Waals surface area (Å²) in [5.74, 6) is 0.104. The largest absolute Gasteiger partial charge is 0.378 e. The number of halogens is 1. The zero-order chi connectivity index (χ0) is 15.7. The molecule has 2 unspecified atom stereocenters. The smallest absolute Gasteiger partial charge is 0.224 e. The topological polar surface area (TPSA) is 32.3 Å². The minimum Gasteiger partial charge on any atom is -0.378 e. The predicted octanol–water partition coefficient (Wildman–Crippen LogP) is 4.59. The van der Waals surface area contributed by atoms with Gasteiger partial charge in [-0.25, -0.2) is 0 Å². The van der Waals surface area contributed by atoms with Gasteiger partial charge >= 0.3 is 0 Å². The number of para-hydroxylation sites is 1. The molecule has 1 amide bonds. The Morgan fingerprint density at radius 3 is 2.55 bits per heavy atom. The van der Waals surface area contributed by atoms with Crippen LogP contribution in [0, 0.1) is 3.57 Å². The lowest BCUT2D eigenvalue weighted by Crippen LogP contribution is -2.43. The van der Waals surface area contributed by atoms with Crippen LogP contribution in [0.5, 0.6) is 0 Å². The second-order valence-electron chi connectivity index (χ2n) is 5.74. The highest BCUT2D eigenvalue weighted by atomic mass is 127. The summed E-state index contributed by atoms with van der Waals surface area (Å²) in [7, 11) is 0. The number of hydrogen-bond acceptors (Lipinski definition) is 2. The Morgan fingerprint density at radius 2 is 1.86 bits per heavy atom. The average molecular weight is 406 g/mol. The number of carbonyl (C=O) groups is 1. The zero-order valence-electron chi connectivity index (χ0n) is 12.7. The predicted molar refractivity (Wildman–Crippen MR) is 99.2 cm³/mol. The molecule has 4 heteroatoms. The molecule has 0 saturated heterocycles. The number of anilines is 2. The monoisotopic (exact) mass is 406 g/mol. The molecule has 3 rings (SSSR count). The lowest BCUT2D eigenvalue weighted by Gasteiger charge is -2.39. The summed E-state index contributed by atoms with van der Waals surface area (Å²) in [5.41, 5.74) is 3.33. The van der Waals surface area contributed by atoms with Crippen molar-refractivity contribution >= 4 is 39.9 Å². The van der Waals surface area contributed by atoms with Crippen molar-refractivity contribution in [3.05, 3.63) is 57.7 Å². The van der Waals surface area contributed by atoms with E-state index in [9.17, 15) is 4.79 Å². The van der Waals surface area contributed by atoms with Crippen LogP contribution in [0.2, 0.25) is 0 Å². The number of hydrogen-bond donors (Lipinski definition) is 1. The maximum absolute atomic E-state index is 12.0. The molecule has 1 aliphatic rings. The van der Waals surface area contributed by atoms with Gasteiger partial charge in [0.1, 0.15) is 0 Å². The van der Waals surface area contributed by atoms with E-state index < -0.39 is 0 Å². The Morgan fingerprint density at radius 1 is 1.18 bits per heavy atom. The summed E-state index contributed by atoms with van der Waals surface area (Å²) < 4.78 is 1.23. The molecule has 0 aliphatic carbocycles. The van der Waals surface area contributed by atoms with Gasteiger partial charge in [0.25, 0.3) is 0 Å². The third-order valence-electron chi connectivity index (χ3n) is 4.11. The van der Waals surface area contributed by atoms with Gasteiger partial charge in [0.2, 0.25) is 5.91 Å². The van der Waals surface area contributed by atoms with E-state index in [1.54, 1.807) is 6.92 Å².